The summed E-state index contributed by atoms with van der Waals surface area (Å²) >= 11 is 0. The van der Waals surface area contributed by atoms with Crippen molar-refractivity contribution in [1.29, 1.82) is 0 Å². The van der Waals surface area contributed by atoms with E-state index in [2.05, 4.69) is 0 Å². The number of ether oxygens (including phenoxy) is 1. The second-order valence-electron chi connectivity index (χ2n) is 4.05. The summed E-state index contributed by atoms with van der Waals surface area (Å²) in [7, 11) is 0. The summed E-state index contributed by atoms with van der Waals surface area (Å²) in [5, 5.41) is 8.94. The molecule has 1 saturated carbocycles. The van der Waals surface area contributed by atoms with E-state index in [1.807, 2.05) is 0 Å². The maximum absolute atomic E-state index is 13.8. The highest BCUT2D eigenvalue weighted by molar-refractivity contribution is 5.91. The first-order valence-corrected chi connectivity index (χ1v) is 5.28. The normalized spacial score (nSPS) is 15.6. The van der Waals surface area contributed by atoms with Crippen LogP contribution in [-0.4, -0.2) is 17.2 Å². The predicted molar refractivity (Wildman–Crippen MR) is 56.4 cm³/mol. The van der Waals surface area contributed by atoms with Crippen LogP contribution in [0.5, 0.6) is 5.75 Å². The lowest BCUT2D eigenvalue weighted by Crippen LogP contribution is -2.26. The lowest BCUT2D eigenvalue weighted by atomic mass is 9.96. The van der Waals surface area contributed by atoms with Gasteiger partial charge in [-0.2, -0.15) is 0 Å². The van der Waals surface area contributed by atoms with E-state index < -0.39 is 11.8 Å². The molecular formula is C12H13FO3. The van der Waals surface area contributed by atoms with Crippen LogP contribution < -0.4 is 4.74 Å². The minimum atomic E-state index is -1.16. The summed E-state index contributed by atoms with van der Waals surface area (Å²) in [6.45, 7) is 1.59. The molecule has 1 aromatic rings. The van der Waals surface area contributed by atoms with Crippen molar-refractivity contribution < 1.29 is 19.0 Å². The van der Waals surface area contributed by atoms with Gasteiger partial charge < -0.3 is 9.84 Å². The van der Waals surface area contributed by atoms with Gasteiger partial charge >= 0.3 is 5.97 Å². The number of carbonyl (C=O) groups is 1. The Balaban J connectivity index is 2.37. The molecule has 0 aliphatic heterocycles. The molecular weight excluding hydrogens is 211 g/mol. The molecule has 2 rings (SSSR count). The molecule has 0 spiro atoms. The molecule has 0 heterocycles. The van der Waals surface area contributed by atoms with Crippen LogP contribution >= 0.6 is 0 Å². The molecule has 0 bridgehead atoms. The third-order valence-electron chi connectivity index (χ3n) is 2.86. The predicted octanol–water partition coefficient (Wildman–Crippen LogP) is 2.76. The van der Waals surface area contributed by atoms with Gasteiger partial charge in [0.2, 0.25) is 0 Å². The molecule has 3 nitrogen and oxygen atoms in total. The number of carboxylic acid groups (broad SMARTS) is 1. The van der Waals surface area contributed by atoms with Gasteiger partial charge in [0.15, 0.2) is 11.6 Å². The Hall–Kier alpha value is -1.58. The number of aromatic carboxylic acids is 1. The van der Waals surface area contributed by atoms with Crippen LogP contribution in [0, 0.1) is 12.7 Å². The van der Waals surface area contributed by atoms with Crippen LogP contribution in [0.3, 0.4) is 0 Å². The van der Waals surface area contributed by atoms with Crippen molar-refractivity contribution in [2.45, 2.75) is 32.3 Å². The van der Waals surface area contributed by atoms with Crippen molar-refractivity contribution in [2.75, 3.05) is 0 Å². The van der Waals surface area contributed by atoms with Crippen molar-refractivity contribution in [3.63, 3.8) is 0 Å². The van der Waals surface area contributed by atoms with Crippen LogP contribution in [0.15, 0.2) is 12.1 Å². The van der Waals surface area contributed by atoms with Gasteiger partial charge in [-0.1, -0.05) is 6.07 Å². The van der Waals surface area contributed by atoms with Crippen LogP contribution in [0.2, 0.25) is 0 Å². The number of hydrogen-bond donors (Lipinski definition) is 1. The number of aryl methyl sites for hydroxylation is 1. The summed E-state index contributed by atoms with van der Waals surface area (Å²) in [6, 6.07) is 2.83. The molecule has 4 heteroatoms. The highest BCUT2D eigenvalue weighted by Crippen LogP contribution is 2.31. The van der Waals surface area contributed by atoms with E-state index in [1.165, 1.54) is 12.1 Å². The first-order valence-electron chi connectivity index (χ1n) is 5.28. The Morgan fingerprint density at radius 1 is 1.50 bits per heavy atom. The number of halogens is 1. The second kappa shape index (κ2) is 4.12. The monoisotopic (exact) mass is 224 g/mol. The van der Waals surface area contributed by atoms with E-state index in [-0.39, 0.29) is 17.4 Å². The molecule has 0 atom stereocenters. The van der Waals surface area contributed by atoms with Crippen molar-refractivity contribution in [2.24, 2.45) is 0 Å². The van der Waals surface area contributed by atoms with Crippen molar-refractivity contribution in [3.8, 4) is 5.75 Å². The van der Waals surface area contributed by atoms with Gasteiger partial charge in [0.05, 0.1) is 6.10 Å². The highest BCUT2D eigenvalue weighted by atomic mass is 19.1. The summed E-state index contributed by atoms with van der Waals surface area (Å²) in [6.07, 6.45) is 2.76. The maximum Gasteiger partial charge on any atom is 0.339 e. The molecule has 86 valence electrons. The number of hydrogen-bond acceptors (Lipinski definition) is 2. The summed E-state index contributed by atoms with van der Waals surface area (Å²) < 4.78 is 19.2. The van der Waals surface area contributed by atoms with Gasteiger partial charge in [-0.15, -0.1) is 0 Å². The molecule has 0 aromatic heterocycles. The van der Waals surface area contributed by atoms with Crippen molar-refractivity contribution in [1.82, 2.24) is 0 Å². The molecule has 1 fully saturated rings. The van der Waals surface area contributed by atoms with E-state index in [9.17, 15) is 9.18 Å². The van der Waals surface area contributed by atoms with E-state index in [4.69, 9.17) is 9.84 Å². The number of benzene rings is 1. The first-order chi connectivity index (χ1) is 7.59. The SMILES string of the molecule is Cc1ccc(C(=O)O)c(OC2CCC2)c1F. The quantitative estimate of drug-likeness (QED) is 0.858. The average molecular weight is 224 g/mol. The molecule has 0 unspecified atom stereocenters. The topological polar surface area (TPSA) is 46.5 Å². The zero-order valence-electron chi connectivity index (χ0n) is 9.00. The summed E-state index contributed by atoms with van der Waals surface area (Å²) in [4.78, 5) is 10.9. The van der Waals surface area contributed by atoms with Gasteiger partial charge in [-0.05, 0) is 37.8 Å². The average Bonchev–Trinajstić information content (AvgIpc) is 2.17. The number of rotatable bonds is 3. The Bertz CT molecular complexity index is 425. The van der Waals surface area contributed by atoms with Gasteiger partial charge in [0, 0.05) is 0 Å². The molecule has 0 radical (unpaired) electrons. The van der Waals surface area contributed by atoms with Gasteiger partial charge in [-0.3, -0.25) is 0 Å². The molecule has 0 amide bonds. The Kier molecular flexibility index (Phi) is 2.81. The third kappa shape index (κ3) is 1.87. The van der Waals surface area contributed by atoms with E-state index in [1.54, 1.807) is 6.92 Å². The van der Waals surface area contributed by atoms with Crippen LogP contribution in [0.4, 0.5) is 4.39 Å². The fourth-order valence-corrected chi connectivity index (χ4v) is 1.59. The fraction of sp³-hybridized carbons (Fsp3) is 0.417. The van der Waals surface area contributed by atoms with Crippen molar-refractivity contribution >= 4 is 5.97 Å². The molecule has 1 aromatic carbocycles. The van der Waals surface area contributed by atoms with Crippen molar-refractivity contribution in [3.05, 3.63) is 29.1 Å². The van der Waals surface area contributed by atoms with E-state index >= 15 is 0 Å². The Morgan fingerprint density at radius 3 is 2.69 bits per heavy atom. The van der Waals surface area contributed by atoms with Crippen LogP contribution in [0.25, 0.3) is 0 Å². The Labute approximate surface area is 92.9 Å². The minimum absolute atomic E-state index is 0.0330. The largest absolute Gasteiger partial charge is 0.486 e. The summed E-state index contributed by atoms with van der Waals surface area (Å²) in [5.74, 6) is -1.84. The van der Waals surface area contributed by atoms with E-state index in [0.717, 1.165) is 19.3 Å². The fourth-order valence-electron chi connectivity index (χ4n) is 1.59. The number of carboxylic acids is 1. The van der Waals surface area contributed by atoms with E-state index in [0.29, 0.717) is 5.56 Å². The molecule has 1 aliphatic carbocycles. The lowest BCUT2D eigenvalue weighted by Gasteiger charge is -2.27. The zero-order valence-corrected chi connectivity index (χ0v) is 9.00. The summed E-state index contributed by atoms with van der Waals surface area (Å²) in [5.41, 5.74) is 0.300. The molecule has 1 aliphatic rings. The lowest BCUT2D eigenvalue weighted by molar-refractivity contribution is 0.0675. The van der Waals surface area contributed by atoms with Gasteiger partial charge in [-0.25, -0.2) is 9.18 Å². The van der Waals surface area contributed by atoms with Gasteiger partial charge in [0.1, 0.15) is 5.56 Å². The first kappa shape index (κ1) is 10.9. The highest BCUT2D eigenvalue weighted by Gasteiger charge is 2.25. The molecule has 16 heavy (non-hydrogen) atoms. The maximum atomic E-state index is 13.8. The standard InChI is InChI=1S/C12H13FO3/c1-7-5-6-9(12(14)15)11(10(7)13)16-8-3-2-4-8/h5-6,8H,2-4H2,1H3,(H,14,15). The molecule has 1 N–H and O–H groups in total. The third-order valence-corrected chi connectivity index (χ3v) is 2.86. The van der Waals surface area contributed by atoms with Crippen LogP contribution in [-0.2, 0) is 0 Å². The smallest absolute Gasteiger partial charge is 0.339 e. The van der Waals surface area contributed by atoms with Gasteiger partial charge in [0.25, 0.3) is 0 Å². The van der Waals surface area contributed by atoms with Crippen LogP contribution in [0.1, 0.15) is 35.2 Å². The zero-order chi connectivity index (χ0) is 11.7. The second-order valence-corrected chi connectivity index (χ2v) is 4.05. The minimum Gasteiger partial charge on any atom is -0.486 e. The Morgan fingerprint density at radius 2 is 2.19 bits per heavy atom. The molecule has 0 saturated heterocycles.